The number of hydrogen-bond donors (Lipinski definition) is 10. The molecular formula is C25H36N8O7S. The number of hydrogen-bond acceptors (Lipinski definition) is 8. The molecule has 41 heavy (non-hydrogen) atoms. The second kappa shape index (κ2) is 16.1. The van der Waals surface area contributed by atoms with Gasteiger partial charge in [-0.3, -0.25) is 24.2 Å². The summed E-state index contributed by atoms with van der Waals surface area (Å²) in [5, 5.41) is 26.5. The SMILES string of the molecule is NC(N)=NCCCC(NC(=O)C(Cc1c[nH]c2ccccc12)NC(=O)C(N)CCC(=O)O)C(=O)NC(CS)C(=O)O. The van der Waals surface area contributed by atoms with Crippen molar-refractivity contribution in [2.75, 3.05) is 12.3 Å². The van der Waals surface area contributed by atoms with Crippen LogP contribution in [0.3, 0.4) is 0 Å². The highest BCUT2D eigenvalue weighted by molar-refractivity contribution is 7.80. The Balaban J connectivity index is 2.30. The van der Waals surface area contributed by atoms with Crippen molar-refractivity contribution in [3.8, 4) is 0 Å². The van der Waals surface area contributed by atoms with Crippen LogP contribution in [0, 0.1) is 0 Å². The van der Waals surface area contributed by atoms with Gasteiger partial charge < -0.3 is 48.3 Å². The number of rotatable bonds is 17. The molecule has 0 bridgehead atoms. The van der Waals surface area contributed by atoms with Crippen LogP contribution < -0.4 is 33.2 Å². The number of guanidine groups is 1. The summed E-state index contributed by atoms with van der Waals surface area (Å²) in [5.74, 6) is -5.05. The molecule has 0 spiro atoms. The van der Waals surface area contributed by atoms with Gasteiger partial charge in [-0.15, -0.1) is 0 Å². The molecule has 1 aromatic heterocycles. The van der Waals surface area contributed by atoms with Crippen LogP contribution in [0.25, 0.3) is 10.9 Å². The number of carbonyl (C=O) groups is 5. The number of aromatic amines is 1. The predicted octanol–water partition coefficient (Wildman–Crippen LogP) is -1.58. The molecule has 1 heterocycles. The van der Waals surface area contributed by atoms with E-state index in [1.165, 1.54) is 0 Å². The number of H-pyrrole nitrogens is 1. The number of nitrogens with two attached hydrogens (primary N) is 3. The van der Waals surface area contributed by atoms with Gasteiger partial charge in [-0.05, 0) is 30.9 Å². The van der Waals surface area contributed by atoms with Crippen LogP contribution in [0.2, 0.25) is 0 Å². The summed E-state index contributed by atoms with van der Waals surface area (Å²) in [6, 6.07) is 2.38. The number of aromatic nitrogens is 1. The third kappa shape index (κ3) is 10.6. The third-order valence-electron chi connectivity index (χ3n) is 6.11. The summed E-state index contributed by atoms with van der Waals surface area (Å²) < 4.78 is 0. The first-order valence-corrected chi connectivity index (χ1v) is 13.4. The number of para-hydroxylation sites is 1. The van der Waals surface area contributed by atoms with Crippen molar-refractivity contribution in [1.29, 1.82) is 0 Å². The molecule has 0 aliphatic rings. The Labute approximate surface area is 241 Å². The van der Waals surface area contributed by atoms with E-state index in [-0.39, 0.29) is 50.4 Å². The molecule has 3 amide bonds. The molecule has 0 aliphatic carbocycles. The van der Waals surface area contributed by atoms with Crippen molar-refractivity contribution in [3.63, 3.8) is 0 Å². The molecule has 4 atom stereocenters. The highest BCUT2D eigenvalue weighted by Gasteiger charge is 2.30. The van der Waals surface area contributed by atoms with E-state index >= 15 is 0 Å². The van der Waals surface area contributed by atoms with Gasteiger partial charge in [-0.2, -0.15) is 12.6 Å². The number of nitrogens with one attached hydrogen (secondary N) is 4. The zero-order valence-electron chi connectivity index (χ0n) is 22.2. The molecule has 16 heteroatoms. The molecule has 15 nitrogen and oxygen atoms in total. The zero-order chi connectivity index (χ0) is 30.5. The number of thiol groups is 1. The maximum atomic E-state index is 13.5. The van der Waals surface area contributed by atoms with Gasteiger partial charge in [-0.1, -0.05) is 18.2 Å². The fourth-order valence-electron chi connectivity index (χ4n) is 3.92. The molecule has 0 saturated heterocycles. The first-order valence-electron chi connectivity index (χ1n) is 12.8. The molecule has 2 rings (SSSR count). The molecule has 0 saturated carbocycles. The Morgan fingerprint density at radius 2 is 1.56 bits per heavy atom. The normalized spacial score (nSPS) is 13.8. The number of amides is 3. The van der Waals surface area contributed by atoms with Crippen molar-refractivity contribution in [1.82, 2.24) is 20.9 Å². The van der Waals surface area contributed by atoms with Gasteiger partial charge in [0.1, 0.15) is 18.1 Å². The van der Waals surface area contributed by atoms with Crippen molar-refractivity contribution in [2.24, 2.45) is 22.2 Å². The maximum Gasteiger partial charge on any atom is 0.327 e. The van der Waals surface area contributed by atoms with Crippen LogP contribution in [0.1, 0.15) is 31.2 Å². The summed E-state index contributed by atoms with van der Waals surface area (Å²) in [4.78, 5) is 68.6. The summed E-state index contributed by atoms with van der Waals surface area (Å²) >= 11 is 3.95. The topological polar surface area (TPSA) is 268 Å². The molecule has 12 N–H and O–H groups in total. The summed E-state index contributed by atoms with van der Waals surface area (Å²) in [5.41, 5.74) is 18.0. The van der Waals surface area contributed by atoms with Crippen LogP contribution in [0.5, 0.6) is 0 Å². The Morgan fingerprint density at radius 1 is 0.927 bits per heavy atom. The minimum atomic E-state index is -1.31. The zero-order valence-corrected chi connectivity index (χ0v) is 23.1. The lowest BCUT2D eigenvalue weighted by molar-refractivity contribution is -0.141. The van der Waals surface area contributed by atoms with Crippen molar-refractivity contribution in [2.45, 2.75) is 56.3 Å². The fraction of sp³-hybridized carbons (Fsp3) is 0.440. The second-order valence-corrected chi connectivity index (χ2v) is 9.62. The number of aliphatic carboxylic acids is 2. The van der Waals surface area contributed by atoms with Crippen molar-refractivity contribution < 1.29 is 34.2 Å². The van der Waals surface area contributed by atoms with E-state index in [2.05, 4.69) is 38.6 Å². The van der Waals surface area contributed by atoms with Gasteiger partial charge in [0.05, 0.1) is 6.04 Å². The highest BCUT2D eigenvalue weighted by Crippen LogP contribution is 2.19. The summed E-state index contributed by atoms with van der Waals surface area (Å²) in [6.45, 7) is 0.144. The Hall–Kier alpha value is -4.31. The number of carbonyl (C=O) groups excluding carboxylic acids is 3. The minimum Gasteiger partial charge on any atom is -0.481 e. The highest BCUT2D eigenvalue weighted by atomic mass is 32.1. The molecule has 0 fully saturated rings. The number of fused-ring (bicyclic) bond motifs is 1. The standard InChI is InChI=1S/C25H36N8O7S/c26-15(7-8-20(34)35)21(36)32-18(10-13-11-30-16-5-2-1-4-14(13)16)23(38)31-17(6-3-9-29-25(27)28)22(37)33-19(12-41)24(39)40/h1-2,4-5,11,15,17-19,30,41H,3,6-10,12,26H2,(H,31,38)(H,32,36)(H,33,37)(H,34,35)(H,39,40)(H4,27,28,29). The van der Waals surface area contributed by atoms with Gasteiger partial charge in [0.25, 0.3) is 0 Å². The molecule has 0 aliphatic heterocycles. The van der Waals surface area contributed by atoms with E-state index in [9.17, 15) is 29.1 Å². The van der Waals surface area contributed by atoms with E-state index in [4.69, 9.17) is 22.3 Å². The Bertz CT molecular complexity index is 1260. The number of nitrogens with zero attached hydrogens (tertiary/aromatic N) is 1. The number of benzene rings is 1. The monoisotopic (exact) mass is 592 g/mol. The molecule has 0 radical (unpaired) electrons. The van der Waals surface area contributed by atoms with E-state index in [0.29, 0.717) is 5.56 Å². The molecule has 2 aromatic rings. The lowest BCUT2D eigenvalue weighted by atomic mass is 10.0. The summed E-state index contributed by atoms with van der Waals surface area (Å²) in [6.07, 6.45) is 1.49. The van der Waals surface area contributed by atoms with Gasteiger partial charge in [0.2, 0.25) is 17.7 Å². The maximum absolute atomic E-state index is 13.5. The lowest BCUT2D eigenvalue weighted by Crippen LogP contribution is -2.57. The molecular weight excluding hydrogens is 556 g/mol. The van der Waals surface area contributed by atoms with E-state index in [0.717, 1.165) is 10.9 Å². The Morgan fingerprint density at radius 3 is 2.20 bits per heavy atom. The molecule has 1 aromatic carbocycles. The largest absolute Gasteiger partial charge is 0.481 e. The molecule has 224 valence electrons. The lowest BCUT2D eigenvalue weighted by Gasteiger charge is -2.25. The Kier molecular flexibility index (Phi) is 12.9. The average molecular weight is 593 g/mol. The van der Waals surface area contributed by atoms with Gasteiger partial charge in [-0.25, -0.2) is 4.79 Å². The number of aliphatic imine (C=N–C) groups is 1. The van der Waals surface area contributed by atoms with Crippen LogP contribution >= 0.6 is 12.6 Å². The van der Waals surface area contributed by atoms with Gasteiger partial charge >= 0.3 is 11.9 Å². The first kappa shape index (κ1) is 32.9. The predicted molar refractivity (Wildman–Crippen MR) is 154 cm³/mol. The van der Waals surface area contributed by atoms with Crippen molar-refractivity contribution in [3.05, 3.63) is 36.0 Å². The second-order valence-electron chi connectivity index (χ2n) is 9.26. The quantitative estimate of drug-likeness (QED) is 0.0436. The minimum absolute atomic E-state index is 0.00394. The van der Waals surface area contributed by atoms with E-state index < -0.39 is 53.8 Å². The van der Waals surface area contributed by atoms with E-state index in [1.54, 1.807) is 6.20 Å². The first-order chi connectivity index (χ1) is 19.4. The summed E-state index contributed by atoms with van der Waals surface area (Å²) in [7, 11) is 0. The van der Waals surface area contributed by atoms with Crippen LogP contribution in [-0.4, -0.2) is 87.3 Å². The van der Waals surface area contributed by atoms with E-state index in [1.807, 2.05) is 24.3 Å². The van der Waals surface area contributed by atoms with Gasteiger partial charge in [0, 0.05) is 42.2 Å². The van der Waals surface area contributed by atoms with Crippen molar-refractivity contribution >= 4 is 59.2 Å². The van der Waals surface area contributed by atoms with Crippen LogP contribution in [-0.2, 0) is 30.4 Å². The number of carboxylic acid groups (broad SMARTS) is 2. The average Bonchev–Trinajstić information content (AvgIpc) is 3.33. The fourth-order valence-corrected chi connectivity index (χ4v) is 4.17. The third-order valence-corrected chi connectivity index (χ3v) is 6.48. The van der Waals surface area contributed by atoms with Crippen LogP contribution in [0.15, 0.2) is 35.5 Å². The van der Waals surface area contributed by atoms with Crippen LogP contribution in [0.4, 0.5) is 0 Å². The number of carboxylic acids is 2. The van der Waals surface area contributed by atoms with Gasteiger partial charge in [0.15, 0.2) is 5.96 Å². The molecule has 4 unspecified atom stereocenters. The smallest absolute Gasteiger partial charge is 0.327 e.